The van der Waals surface area contributed by atoms with Crippen molar-refractivity contribution in [1.82, 2.24) is 14.8 Å². The number of allylic oxidation sites excluding steroid dienone is 1. The number of carbonyl (C=O) groups excluding carboxylic acids is 1. The fraction of sp³-hybridized carbons (Fsp3) is 0.167. The van der Waals surface area contributed by atoms with Crippen LogP contribution in [0.1, 0.15) is 15.5 Å². The predicted molar refractivity (Wildman–Crippen MR) is 108 cm³/mol. The van der Waals surface area contributed by atoms with E-state index in [9.17, 15) is 9.18 Å². The second-order valence-electron chi connectivity index (χ2n) is 5.33. The highest BCUT2D eigenvalue weighted by Gasteiger charge is 2.16. The minimum Gasteiger partial charge on any atom is -0.483 e. The van der Waals surface area contributed by atoms with Crippen molar-refractivity contribution >= 4 is 44.8 Å². The Morgan fingerprint density at radius 1 is 1.33 bits per heavy atom. The van der Waals surface area contributed by atoms with Crippen LogP contribution in [-0.2, 0) is 13.2 Å². The third-order valence-corrected chi connectivity index (χ3v) is 6.11. The molecule has 0 radical (unpaired) electrons. The molecule has 0 saturated carbocycles. The van der Waals surface area contributed by atoms with Crippen LogP contribution in [0.25, 0.3) is 0 Å². The Balaban J connectivity index is 1.68. The lowest BCUT2D eigenvalue weighted by atomic mass is 10.3. The number of para-hydroxylation sites is 1. The van der Waals surface area contributed by atoms with Crippen LogP contribution < -0.4 is 4.74 Å². The van der Waals surface area contributed by atoms with Crippen molar-refractivity contribution in [2.75, 3.05) is 5.75 Å². The molecule has 27 heavy (non-hydrogen) atoms. The third kappa shape index (κ3) is 5.06. The number of benzene rings is 1. The first kappa shape index (κ1) is 19.8. The van der Waals surface area contributed by atoms with Gasteiger partial charge in [0.2, 0.25) is 0 Å². The van der Waals surface area contributed by atoms with Crippen LogP contribution in [0.15, 0.2) is 58.0 Å². The molecule has 0 aliphatic heterocycles. The molecular weight excluding hydrogens is 453 g/mol. The van der Waals surface area contributed by atoms with Gasteiger partial charge in [0.05, 0.1) is 14.4 Å². The van der Waals surface area contributed by atoms with Gasteiger partial charge in [0.1, 0.15) is 6.61 Å². The summed E-state index contributed by atoms with van der Waals surface area (Å²) in [4.78, 5) is 13.0. The van der Waals surface area contributed by atoms with Crippen molar-refractivity contribution < 1.29 is 13.9 Å². The van der Waals surface area contributed by atoms with Gasteiger partial charge >= 0.3 is 0 Å². The van der Waals surface area contributed by atoms with Crippen molar-refractivity contribution in [3.8, 4) is 5.75 Å². The number of ketones is 1. The second kappa shape index (κ2) is 9.29. The normalized spacial score (nSPS) is 10.7. The molecule has 2 aromatic heterocycles. The smallest absolute Gasteiger partial charge is 0.192 e. The molecule has 140 valence electrons. The summed E-state index contributed by atoms with van der Waals surface area (Å²) < 4.78 is 21.9. The van der Waals surface area contributed by atoms with E-state index in [1.807, 2.05) is 6.07 Å². The zero-order chi connectivity index (χ0) is 19.2. The molecule has 1 aromatic carbocycles. The Kier molecular flexibility index (Phi) is 6.81. The van der Waals surface area contributed by atoms with Gasteiger partial charge in [0, 0.05) is 6.54 Å². The van der Waals surface area contributed by atoms with E-state index in [0.29, 0.717) is 22.4 Å². The van der Waals surface area contributed by atoms with E-state index in [1.54, 1.807) is 34.9 Å². The molecule has 0 unspecified atom stereocenters. The maximum absolute atomic E-state index is 13.7. The molecule has 3 rings (SSSR count). The van der Waals surface area contributed by atoms with Crippen LogP contribution >= 0.6 is 39.0 Å². The third-order valence-electron chi connectivity index (χ3n) is 3.48. The van der Waals surface area contributed by atoms with Crippen molar-refractivity contribution in [2.45, 2.75) is 18.3 Å². The number of nitrogens with zero attached hydrogens (tertiary/aromatic N) is 3. The maximum Gasteiger partial charge on any atom is 0.192 e. The first-order chi connectivity index (χ1) is 13.1. The van der Waals surface area contributed by atoms with Crippen molar-refractivity contribution in [3.63, 3.8) is 0 Å². The Labute approximate surface area is 172 Å². The summed E-state index contributed by atoms with van der Waals surface area (Å²) in [5.74, 6) is 0.518. The van der Waals surface area contributed by atoms with Crippen LogP contribution in [0.2, 0.25) is 0 Å². The topological polar surface area (TPSA) is 57.0 Å². The molecule has 3 aromatic rings. The standard InChI is InChI=1S/C18H15BrFN3O2S2/c1-2-9-23-17(10-25-14-6-4-3-5-12(14)20)21-22-18(23)26-11-13(24)15-7-8-16(19)27-15/h2-8H,1,9-11H2. The predicted octanol–water partition coefficient (Wildman–Crippen LogP) is 4.98. The lowest BCUT2D eigenvalue weighted by molar-refractivity contribution is 0.102. The highest BCUT2D eigenvalue weighted by atomic mass is 79.9. The number of thiophene rings is 1. The van der Waals surface area contributed by atoms with Crippen LogP contribution in [0.3, 0.4) is 0 Å². The summed E-state index contributed by atoms with van der Waals surface area (Å²) in [7, 11) is 0. The molecule has 0 atom stereocenters. The van der Waals surface area contributed by atoms with Crippen molar-refractivity contribution in [2.24, 2.45) is 0 Å². The molecule has 0 aliphatic carbocycles. The highest BCUT2D eigenvalue weighted by Crippen LogP contribution is 2.25. The van der Waals surface area contributed by atoms with E-state index in [0.717, 1.165) is 3.79 Å². The van der Waals surface area contributed by atoms with E-state index < -0.39 is 5.82 Å². The van der Waals surface area contributed by atoms with Crippen LogP contribution in [0.5, 0.6) is 5.75 Å². The van der Waals surface area contributed by atoms with Crippen LogP contribution in [0.4, 0.5) is 4.39 Å². The van der Waals surface area contributed by atoms with Crippen LogP contribution in [-0.4, -0.2) is 26.3 Å². The molecule has 5 nitrogen and oxygen atoms in total. The van der Waals surface area contributed by atoms with Crippen LogP contribution in [0, 0.1) is 5.82 Å². The molecular formula is C18H15BrFN3O2S2. The minimum atomic E-state index is -0.436. The van der Waals surface area contributed by atoms with Gasteiger partial charge in [-0.1, -0.05) is 30.0 Å². The fourth-order valence-electron chi connectivity index (χ4n) is 2.21. The lowest BCUT2D eigenvalue weighted by Crippen LogP contribution is -2.09. The minimum absolute atomic E-state index is 0.0213. The van der Waals surface area contributed by atoms with Crippen molar-refractivity contribution in [3.05, 3.63) is 69.4 Å². The number of aromatic nitrogens is 3. The summed E-state index contributed by atoms with van der Waals surface area (Å²) in [6, 6.07) is 9.82. The molecule has 0 saturated heterocycles. The number of thioether (sulfide) groups is 1. The van der Waals surface area contributed by atoms with Gasteiger partial charge in [0.15, 0.2) is 28.3 Å². The molecule has 0 fully saturated rings. The monoisotopic (exact) mass is 467 g/mol. The summed E-state index contributed by atoms with van der Waals surface area (Å²) in [6.07, 6.45) is 1.71. The number of rotatable bonds is 9. The van der Waals surface area contributed by atoms with Gasteiger partial charge in [-0.3, -0.25) is 9.36 Å². The van der Waals surface area contributed by atoms with Gasteiger partial charge in [-0.15, -0.1) is 28.1 Å². The van der Waals surface area contributed by atoms with Gasteiger partial charge in [0.25, 0.3) is 0 Å². The van der Waals surface area contributed by atoms with Gasteiger partial charge < -0.3 is 4.74 Å². The Hall–Kier alpha value is -1.97. The Morgan fingerprint density at radius 3 is 2.85 bits per heavy atom. The number of halogens is 2. The molecule has 0 aliphatic rings. The number of hydrogen-bond donors (Lipinski definition) is 0. The van der Waals surface area contributed by atoms with Gasteiger partial charge in [-0.2, -0.15) is 0 Å². The largest absolute Gasteiger partial charge is 0.483 e. The summed E-state index contributed by atoms with van der Waals surface area (Å²) in [5.41, 5.74) is 0. The highest BCUT2D eigenvalue weighted by molar-refractivity contribution is 9.11. The fourth-order valence-corrected chi connectivity index (χ4v) is 4.48. The number of carbonyl (C=O) groups is 1. The maximum atomic E-state index is 13.7. The van der Waals surface area contributed by atoms with Crippen molar-refractivity contribution in [1.29, 1.82) is 0 Å². The van der Waals surface area contributed by atoms with E-state index in [1.165, 1.54) is 29.2 Å². The van der Waals surface area contributed by atoms with Gasteiger partial charge in [-0.25, -0.2) is 4.39 Å². The average Bonchev–Trinajstić information content (AvgIpc) is 3.26. The quantitative estimate of drug-likeness (QED) is 0.252. The van der Waals surface area contributed by atoms with E-state index in [-0.39, 0.29) is 23.9 Å². The molecule has 0 N–H and O–H groups in total. The average molecular weight is 468 g/mol. The molecule has 0 spiro atoms. The van der Waals surface area contributed by atoms with E-state index in [2.05, 4.69) is 32.7 Å². The lowest BCUT2D eigenvalue weighted by Gasteiger charge is -2.09. The SMILES string of the molecule is C=CCn1c(COc2ccccc2F)nnc1SCC(=O)c1ccc(Br)s1. The van der Waals surface area contributed by atoms with E-state index in [4.69, 9.17) is 4.74 Å². The molecule has 0 amide bonds. The Morgan fingerprint density at radius 2 is 2.15 bits per heavy atom. The first-order valence-electron chi connectivity index (χ1n) is 7.90. The number of Topliss-reactive ketones (excluding diaryl/α,β-unsaturated/α-hetero) is 1. The summed E-state index contributed by atoms with van der Waals surface area (Å²) in [6.45, 7) is 4.26. The second-order valence-corrected chi connectivity index (χ2v) is 8.74. The van der Waals surface area contributed by atoms with Gasteiger partial charge in [-0.05, 0) is 40.2 Å². The Bertz CT molecular complexity index is 958. The summed E-state index contributed by atoms with van der Waals surface area (Å²) in [5, 5.41) is 8.84. The van der Waals surface area contributed by atoms with E-state index >= 15 is 0 Å². The number of ether oxygens (including phenoxy) is 1. The number of hydrogen-bond acceptors (Lipinski definition) is 6. The molecule has 9 heteroatoms. The molecule has 0 bridgehead atoms. The molecule has 2 heterocycles. The zero-order valence-electron chi connectivity index (χ0n) is 14.1. The zero-order valence-corrected chi connectivity index (χ0v) is 17.3. The first-order valence-corrected chi connectivity index (χ1v) is 10.5. The summed E-state index contributed by atoms with van der Waals surface area (Å²) >= 11 is 6.05.